The maximum Gasteiger partial charge on any atom is 0.272 e. The molecule has 3 rings (SSSR count). The lowest BCUT2D eigenvalue weighted by Crippen LogP contribution is -2.30. The van der Waals surface area contributed by atoms with E-state index in [1.54, 1.807) is 16.9 Å². The monoisotopic (exact) mass is 479 g/mol. The number of nitrogens with zero attached hydrogens (tertiary/aromatic N) is 3. The zero-order valence-electron chi connectivity index (χ0n) is 20.5. The van der Waals surface area contributed by atoms with E-state index in [2.05, 4.69) is 46.9 Å². The zero-order chi connectivity index (χ0) is 24.9. The maximum atomic E-state index is 12.9. The van der Waals surface area contributed by atoms with Gasteiger partial charge >= 0.3 is 0 Å². The van der Waals surface area contributed by atoms with E-state index in [9.17, 15) is 9.59 Å². The van der Waals surface area contributed by atoms with Gasteiger partial charge < -0.3 is 15.4 Å². The molecular weight excluding hydrogens is 446 g/mol. The predicted octanol–water partition coefficient (Wildman–Crippen LogP) is 4.67. The Morgan fingerprint density at radius 3 is 2.65 bits per heavy atom. The Balaban J connectivity index is 1.96. The van der Waals surface area contributed by atoms with Gasteiger partial charge in [-0.2, -0.15) is 5.10 Å². The fraction of sp³-hybridized carbons (Fsp3) is 0.360. The lowest BCUT2D eigenvalue weighted by Gasteiger charge is -2.15. The van der Waals surface area contributed by atoms with Crippen LogP contribution in [0.15, 0.2) is 49.2 Å². The number of nitrogens with one attached hydrogen (secondary N) is 2. The van der Waals surface area contributed by atoms with Crippen molar-refractivity contribution in [2.75, 3.05) is 11.9 Å². The van der Waals surface area contributed by atoms with Gasteiger partial charge in [-0.15, -0.1) is 0 Å². The molecule has 1 aromatic carbocycles. The lowest BCUT2D eigenvalue weighted by atomic mass is 10.1. The summed E-state index contributed by atoms with van der Waals surface area (Å²) in [5, 5.41) is 10.9. The van der Waals surface area contributed by atoms with Gasteiger partial charge in [0.15, 0.2) is 11.3 Å². The van der Waals surface area contributed by atoms with Gasteiger partial charge in [0.05, 0.1) is 5.39 Å². The molecule has 0 radical (unpaired) electrons. The minimum atomic E-state index is -1.21. The summed E-state index contributed by atoms with van der Waals surface area (Å²) < 4.78 is 7.51. The average Bonchev–Trinajstić information content (AvgIpc) is 3.14. The second kappa shape index (κ2) is 10.7. The molecule has 8 nitrogen and oxygen atoms in total. The van der Waals surface area contributed by atoms with Crippen LogP contribution in [0, 0.1) is 0 Å². The number of anilines is 1. The predicted molar refractivity (Wildman–Crippen MR) is 138 cm³/mol. The van der Waals surface area contributed by atoms with E-state index in [0.29, 0.717) is 29.0 Å². The molecule has 0 saturated heterocycles. The first-order valence-corrected chi connectivity index (χ1v) is 15.1. The summed E-state index contributed by atoms with van der Waals surface area (Å²) in [6.07, 6.45) is 2.96. The van der Waals surface area contributed by atoms with Crippen LogP contribution in [0.2, 0.25) is 25.7 Å². The fourth-order valence-electron chi connectivity index (χ4n) is 3.30. The van der Waals surface area contributed by atoms with Crippen molar-refractivity contribution in [3.8, 4) is 11.1 Å². The number of pyridine rings is 1. The molecule has 0 aliphatic carbocycles. The smallest absolute Gasteiger partial charge is 0.272 e. The molecular formula is C25H33N5O3Si. The van der Waals surface area contributed by atoms with E-state index in [-0.39, 0.29) is 24.6 Å². The molecule has 2 heterocycles. The molecule has 180 valence electrons. The van der Waals surface area contributed by atoms with Gasteiger partial charge in [-0.3, -0.25) is 9.59 Å². The third-order valence-electron chi connectivity index (χ3n) is 5.08. The topological polar surface area (TPSA) is 98.1 Å². The highest BCUT2D eigenvalue weighted by Crippen LogP contribution is 2.27. The van der Waals surface area contributed by atoms with Gasteiger partial charge in [0.2, 0.25) is 5.91 Å². The molecule has 2 aromatic heterocycles. The molecule has 0 aliphatic heterocycles. The molecule has 34 heavy (non-hydrogen) atoms. The summed E-state index contributed by atoms with van der Waals surface area (Å²) in [6, 6.07) is 10.3. The van der Waals surface area contributed by atoms with Gasteiger partial charge in [0.25, 0.3) is 5.91 Å². The first-order valence-electron chi connectivity index (χ1n) is 11.4. The summed E-state index contributed by atoms with van der Waals surface area (Å²) in [7, 11) is -1.21. The Morgan fingerprint density at radius 2 is 1.97 bits per heavy atom. The largest absolute Gasteiger partial charge is 0.359 e. The van der Waals surface area contributed by atoms with E-state index in [0.717, 1.165) is 17.2 Å². The van der Waals surface area contributed by atoms with Crippen molar-refractivity contribution in [3.63, 3.8) is 0 Å². The van der Waals surface area contributed by atoms with Crippen molar-refractivity contribution in [3.05, 3.63) is 54.9 Å². The van der Waals surface area contributed by atoms with Crippen molar-refractivity contribution in [1.82, 2.24) is 20.1 Å². The minimum Gasteiger partial charge on any atom is -0.359 e. The standard InChI is InChI=1S/C25H33N5O3Si/c1-7-22(31)28-20-10-8-9-18(13-20)19-14-21-23(25(32)27-17(2)3)29-30(24(21)26-15-19)16-33-11-12-34(4,5)6/h7-10,13-15,17H,1,11-12,16H2,2-6H3,(H,27,32)(H,28,31). The quantitative estimate of drug-likeness (QED) is 0.250. The number of hydrogen-bond donors (Lipinski definition) is 2. The SMILES string of the molecule is C=CC(=O)Nc1cccc(-c2cnc3c(c2)c(C(=O)NC(C)C)nn3COCC[Si](C)(C)C)c1. The van der Waals surface area contributed by atoms with Crippen LogP contribution in [0.5, 0.6) is 0 Å². The van der Waals surface area contributed by atoms with Gasteiger partial charge in [-0.1, -0.05) is 38.4 Å². The van der Waals surface area contributed by atoms with Crippen LogP contribution in [-0.4, -0.2) is 47.3 Å². The normalized spacial score (nSPS) is 11.6. The van der Waals surface area contributed by atoms with Crippen LogP contribution in [0.1, 0.15) is 24.3 Å². The van der Waals surface area contributed by atoms with E-state index >= 15 is 0 Å². The number of aromatic nitrogens is 3. The molecule has 0 spiro atoms. The molecule has 0 unspecified atom stereocenters. The van der Waals surface area contributed by atoms with Crippen LogP contribution in [0.25, 0.3) is 22.2 Å². The van der Waals surface area contributed by atoms with Gasteiger partial charge in [-0.05, 0) is 49.7 Å². The Hall–Kier alpha value is -3.30. The maximum absolute atomic E-state index is 12.9. The minimum absolute atomic E-state index is 0.0259. The fourth-order valence-corrected chi connectivity index (χ4v) is 4.06. The van der Waals surface area contributed by atoms with Gasteiger partial charge in [-0.25, -0.2) is 9.67 Å². The molecule has 9 heteroatoms. The van der Waals surface area contributed by atoms with Crippen molar-refractivity contribution >= 4 is 36.6 Å². The number of amides is 2. The van der Waals surface area contributed by atoms with Crippen molar-refractivity contribution < 1.29 is 14.3 Å². The van der Waals surface area contributed by atoms with Crippen LogP contribution >= 0.6 is 0 Å². The molecule has 0 aliphatic rings. The molecule has 0 bridgehead atoms. The molecule has 2 amide bonds. The van der Waals surface area contributed by atoms with Crippen LogP contribution in [-0.2, 0) is 16.3 Å². The van der Waals surface area contributed by atoms with Gasteiger partial charge in [0.1, 0.15) is 6.73 Å². The Morgan fingerprint density at radius 1 is 1.21 bits per heavy atom. The van der Waals surface area contributed by atoms with Crippen LogP contribution in [0.4, 0.5) is 5.69 Å². The molecule has 3 aromatic rings. The number of ether oxygens (including phenoxy) is 1. The first-order chi connectivity index (χ1) is 16.1. The van der Waals surface area contributed by atoms with Crippen LogP contribution in [0.3, 0.4) is 0 Å². The summed E-state index contributed by atoms with van der Waals surface area (Å²) in [5.74, 6) is -0.541. The van der Waals surface area contributed by atoms with Crippen molar-refractivity contribution in [2.45, 2.75) is 52.3 Å². The van der Waals surface area contributed by atoms with Crippen molar-refractivity contribution in [1.29, 1.82) is 0 Å². The zero-order valence-corrected chi connectivity index (χ0v) is 21.5. The molecule has 0 saturated carbocycles. The Bertz CT molecular complexity index is 1200. The third kappa shape index (κ3) is 6.61. The number of carbonyl (C=O) groups excluding carboxylic acids is 2. The molecule has 0 fully saturated rings. The van der Waals surface area contributed by atoms with E-state index < -0.39 is 8.07 Å². The Labute approximate surface area is 201 Å². The van der Waals surface area contributed by atoms with E-state index in [1.807, 2.05) is 38.1 Å². The Kier molecular flexibility index (Phi) is 8.01. The number of rotatable bonds is 10. The highest BCUT2D eigenvalue weighted by Gasteiger charge is 2.20. The summed E-state index contributed by atoms with van der Waals surface area (Å²) in [5.41, 5.74) is 3.20. The number of benzene rings is 1. The summed E-state index contributed by atoms with van der Waals surface area (Å²) in [6.45, 7) is 15.1. The van der Waals surface area contributed by atoms with Gasteiger partial charge in [0, 0.05) is 38.2 Å². The number of hydrogen-bond acceptors (Lipinski definition) is 5. The first kappa shape index (κ1) is 25.3. The third-order valence-corrected chi connectivity index (χ3v) is 6.78. The van der Waals surface area contributed by atoms with Crippen molar-refractivity contribution in [2.24, 2.45) is 0 Å². The highest BCUT2D eigenvalue weighted by atomic mass is 28.3. The van der Waals surface area contributed by atoms with E-state index in [1.165, 1.54) is 6.08 Å². The second-order valence-corrected chi connectivity index (χ2v) is 15.3. The average molecular weight is 480 g/mol. The molecule has 0 atom stereocenters. The number of fused-ring (bicyclic) bond motifs is 1. The highest BCUT2D eigenvalue weighted by molar-refractivity contribution is 6.76. The second-order valence-electron chi connectivity index (χ2n) is 9.69. The molecule has 2 N–H and O–H groups in total. The summed E-state index contributed by atoms with van der Waals surface area (Å²) >= 11 is 0. The number of carbonyl (C=O) groups is 2. The van der Waals surface area contributed by atoms with E-state index in [4.69, 9.17) is 4.74 Å². The lowest BCUT2D eigenvalue weighted by molar-refractivity contribution is -0.111. The van der Waals surface area contributed by atoms with Crippen LogP contribution < -0.4 is 10.6 Å². The summed E-state index contributed by atoms with van der Waals surface area (Å²) in [4.78, 5) is 29.2.